The van der Waals surface area contributed by atoms with Crippen LogP contribution in [0, 0.1) is 6.92 Å². The molecule has 1 aliphatic heterocycles. The Morgan fingerprint density at radius 2 is 2.05 bits per heavy atom. The van der Waals surface area contributed by atoms with E-state index < -0.39 is 0 Å². The molecule has 102 valence electrons. The molecule has 2 heterocycles. The van der Waals surface area contributed by atoms with Gasteiger partial charge in [-0.15, -0.1) is 0 Å². The van der Waals surface area contributed by atoms with Gasteiger partial charge in [0.2, 0.25) is 5.95 Å². The molecule has 5 nitrogen and oxygen atoms in total. The zero-order chi connectivity index (χ0) is 13.2. The summed E-state index contributed by atoms with van der Waals surface area (Å²) in [5.41, 5.74) is 9.37. The normalized spacial score (nSPS) is 17.1. The molecule has 2 aromatic rings. The minimum Gasteiger partial charge on any atom is -0.379 e. The summed E-state index contributed by atoms with van der Waals surface area (Å²) >= 11 is 0. The van der Waals surface area contributed by atoms with E-state index in [9.17, 15) is 0 Å². The SMILES string of the molecule is Cc1ccc2nc(N)n(CCN3CCOCC3)c2c1. The Morgan fingerprint density at radius 3 is 2.84 bits per heavy atom. The first-order valence-corrected chi connectivity index (χ1v) is 6.76. The first-order chi connectivity index (χ1) is 9.24. The molecule has 1 aromatic carbocycles. The summed E-state index contributed by atoms with van der Waals surface area (Å²) in [5, 5.41) is 0. The van der Waals surface area contributed by atoms with Crippen molar-refractivity contribution < 1.29 is 4.74 Å². The van der Waals surface area contributed by atoms with Gasteiger partial charge in [-0.25, -0.2) is 4.98 Å². The third-order valence-corrected chi connectivity index (χ3v) is 3.68. The fourth-order valence-electron chi connectivity index (χ4n) is 2.55. The summed E-state index contributed by atoms with van der Waals surface area (Å²) in [7, 11) is 0. The van der Waals surface area contributed by atoms with Crippen molar-refractivity contribution in [1.29, 1.82) is 0 Å². The number of benzene rings is 1. The number of nitrogen functional groups attached to an aromatic ring is 1. The number of aromatic nitrogens is 2. The van der Waals surface area contributed by atoms with Crippen molar-refractivity contribution >= 4 is 17.0 Å². The van der Waals surface area contributed by atoms with Gasteiger partial charge >= 0.3 is 0 Å². The molecule has 0 bridgehead atoms. The third-order valence-electron chi connectivity index (χ3n) is 3.68. The van der Waals surface area contributed by atoms with E-state index in [1.54, 1.807) is 0 Å². The van der Waals surface area contributed by atoms with Gasteiger partial charge in [0.25, 0.3) is 0 Å². The quantitative estimate of drug-likeness (QED) is 0.902. The Morgan fingerprint density at radius 1 is 1.26 bits per heavy atom. The third kappa shape index (κ3) is 2.57. The van der Waals surface area contributed by atoms with Crippen molar-refractivity contribution in [3.63, 3.8) is 0 Å². The number of ether oxygens (including phenoxy) is 1. The maximum Gasteiger partial charge on any atom is 0.201 e. The van der Waals surface area contributed by atoms with Gasteiger partial charge in [0.05, 0.1) is 24.2 Å². The lowest BCUT2D eigenvalue weighted by Crippen LogP contribution is -2.38. The van der Waals surface area contributed by atoms with E-state index in [1.165, 1.54) is 5.56 Å². The second-order valence-corrected chi connectivity index (χ2v) is 5.07. The number of fused-ring (bicyclic) bond motifs is 1. The smallest absolute Gasteiger partial charge is 0.201 e. The molecule has 0 radical (unpaired) electrons. The number of imidazole rings is 1. The van der Waals surface area contributed by atoms with Crippen LogP contribution in [0.4, 0.5) is 5.95 Å². The van der Waals surface area contributed by atoms with Gasteiger partial charge in [-0.05, 0) is 24.6 Å². The molecule has 0 aliphatic carbocycles. The summed E-state index contributed by atoms with van der Waals surface area (Å²) in [6, 6.07) is 6.26. The maximum atomic E-state index is 6.03. The Bertz CT molecular complexity index is 572. The molecular formula is C14H20N4O. The molecule has 1 aliphatic rings. The van der Waals surface area contributed by atoms with Crippen molar-refractivity contribution in [3.05, 3.63) is 23.8 Å². The second-order valence-electron chi connectivity index (χ2n) is 5.07. The van der Waals surface area contributed by atoms with Gasteiger partial charge < -0.3 is 15.0 Å². The van der Waals surface area contributed by atoms with Crippen molar-refractivity contribution in [2.45, 2.75) is 13.5 Å². The van der Waals surface area contributed by atoms with Crippen LogP contribution in [-0.4, -0.2) is 47.3 Å². The van der Waals surface area contributed by atoms with E-state index in [-0.39, 0.29) is 0 Å². The summed E-state index contributed by atoms with van der Waals surface area (Å²) in [6.07, 6.45) is 0. The lowest BCUT2D eigenvalue weighted by molar-refractivity contribution is 0.0366. The van der Waals surface area contributed by atoms with E-state index in [4.69, 9.17) is 10.5 Å². The molecule has 1 aromatic heterocycles. The second kappa shape index (κ2) is 5.19. The summed E-state index contributed by atoms with van der Waals surface area (Å²) in [4.78, 5) is 6.82. The van der Waals surface area contributed by atoms with E-state index in [0.29, 0.717) is 5.95 Å². The number of anilines is 1. The van der Waals surface area contributed by atoms with Crippen LogP contribution in [-0.2, 0) is 11.3 Å². The van der Waals surface area contributed by atoms with Gasteiger partial charge in [-0.1, -0.05) is 6.07 Å². The van der Waals surface area contributed by atoms with Crippen LogP contribution in [0.2, 0.25) is 0 Å². The highest BCUT2D eigenvalue weighted by atomic mass is 16.5. The van der Waals surface area contributed by atoms with E-state index in [0.717, 1.165) is 50.4 Å². The molecule has 2 N–H and O–H groups in total. The van der Waals surface area contributed by atoms with Gasteiger partial charge in [0, 0.05) is 26.2 Å². The average Bonchev–Trinajstić information content (AvgIpc) is 2.73. The predicted molar refractivity (Wildman–Crippen MR) is 76.1 cm³/mol. The number of nitrogens with two attached hydrogens (primary N) is 1. The predicted octanol–water partition coefficient (Wildman–Crippen LogP) is 1.26. The standard InChI is InChI=1S/C14H20N4O/c1-11-2-3-12-13(10-11)18(14(15)16-12)5-4-17-6-8-19-9-7-17/h2-3,10H,4-9H2,1H3,(H2,15,16). The van der Waals surface area contributed by atoms with Crippen LogP contribution in [0.5, 0.6) is 0 Å². The Labute approximate surface area is 113 Å². The highest BCUT2D eigenvalue weighted by molar-refractivity contribution is 5.79. The Kier molecular flexibility index (Phi) is 3.40. The number of hydrogen-bond acceptors (Lipinski definition) is 4. The fourth-order valence-corrected chi connectivity index (χ4v) is 2.55. The number of rotatable bonds is 3. The van der Waals surface area contributed by atoms with Gasteiger partial charge in [-0.3, -0.25) is 4.90 Å². The topological polar surface area (TPSA) is 56.3 Å². The molecule has 0 unspecified atom stereocenters. The zero-order valence-corrected chi connectivity index (χ0v) is 11.3. The lowest BCUT2D eigenvalue weighted by atomic mass is 10.2. The highest BCUT2D eigenvalue weighted by Gasteiger charge is 2.12. The fraction of sp³-hybridized carbons (Fsp3) is 0.500. The van der Waals surface area contributed by atoms with Gasteiger partial charge in [0.15, 0.2) is 0 Å². The van der Waals surface area contributed by atoms with Crippen LogP contribution in [0.15, 0.2) is 18.2 Å². The Balaban J connectivity index is 1.79. The Hall–Kier alpha value is -1.59. The van der Waals surface area contributed by atoms with Gasteiger partial charge in [-0.2, -0.15) is 0 Å². The molecule has 1 fully saturated rings. The first kappa shape index (κ1) is 12.4. The molecule has 3 rings (SSSR count). The minimum absolute atomic E-state index is 0.605. The first-order valence-electron chi connectivity index (χ1n) is 6.76. The molecule has 0 atom stereocenters. The monoisotopic (exact) mass is 260 g/mol. The van der Waals surface area contributed by atoms with Crippen LogP contribution < -0.4 is 5.73 Å². The van der Waals surface area contributed by atoms with E-state index >= 15 is 0 Å². The van der Waals surface area contributed by atoms with Crippen LogP contribution >= 0.6 is 0 Å². The van der Waals surface area contributed by atoms with Gasteiger partial charge in [0.1, 0.15) is 0 Å². The molecule has 1 saturated heterocycles. The van der Waals surface area contributed by atoms with Crippen LogP contribution in [0.3, 0.4) is 0 Å². The van der Waals surface area contributed by atoms with Crippen LogP contribution in [0.25, 0.3) is 11.0 Å². The minimum atomic E-state index is 0.605. The van der Waals surface area contributed by atoms with Crippen LogP contribution in [0.1, 0.15) is 5.56 Å². The lowest BCUT2D eigenvalue weighted by Gasteiger charge is -2.26. The molecule has 0 spiro atoms. The van der Waals surface area contributed by atoms with Crippen molar-refractivity contribution in [2.75, 3.05) is 38.6 Å². The number of hydrogen-bond donors (Lipinski definition) is 1. The molecular weight excluding hydrogens is 240 g/mol. The summed E-state index contributed by atoms with van der Waals surface area (Å²) in [6.45, 7) is 7.64. The van der Waals surface area contributed by atoms with Crippen molar-refractivity contribution in [3.8, 4) is 0 Å². The largest absolute Gasteiger partial charge is 0.379 e. The van der Waals surface area contributed by atoms with E-state index in [1.807, 2.05) is 6.07 Å². The molecule has 19 heavy (non-hydrogen) atoms. The summed E-state index contributed by atoms with van der Waals surface area (Å²) < 4.78 is 7.47. The number of nitrogens with zero attached hydrogens (tertiary/aromatic N) is 3. The van der Waals surface area contributed by atoms with Crippen molar-refractivity contribution in [2.24, 2.45) is 0 Å². The zero-order valence-electron chi connectivity index (χ0n) is 11.3. The highest BCUT2D eigenvalue weighted by Crippen LogP contribution is 2.19. The molecule has 0 saturated carbocycles. The number of aryl methyl sites for hydroxylation is 1. The molecule has 0 amide bonds. The molecule has 5 heteroatoms. The maximum absolute atomic E-state index is 6.03. The van der Waals surface area contributed by atoms with Crippen molar-refractivity contribution in [1.82, 2.24) is 14.5 Å². The average molecular weight is 260 g/mol. The number of morpholine rings is 1. The summed E-state index contributed by atoms with van der Waals surface area (Å²) in [5.74, 6) is 0.605. The van der Waals surface area contributed by atoms with E-state index in [2.05, 4.69) is 33.5 Å².